The highest BCUT2D eigenvalue weighted by atomic mass is 16.2. The van der Waals surface area contributed by atoms with Gasteiger partial charge in [-0.1, -0.05) is 12.8 Å². The number of aromatic nitrogens is 3. The predicted octanol–water partition coefficient (Wildman–Crippen LogP) is 1.44. The molecular weight excluding hydrogens is 280 g/mol. The zero-order valence-corrected chi connectivity index (χ0v) is 13.7. The van der Waals surface area contributed by atoms with Crippen molar-refractivity contribution in [1.29, 1.82) is 0 Å². The van der Waals surface area contributed by atoms with Crippen LogP contribution in [0, 0.1) is 0 Å². The van der Waals surface area contributed by atoms with Gasteiger partial charge < -0.3 is 20.1 Å². The standard InChI is InChI=1S/C15H28N6O/c1-13(14-19-17-12-20(14)2)18-15(22)16-8-7-11-21-9-5-3-4-6-10-21/h12-13H,3-11H2,1-2H3,(H2,16,18,22)/t13-/m1/s1. The molecule has 2 N–H and O–H groups in total. The lowest BCUT2D eigenvalue weighted by atomic mass is 10.2. The average molecular weight is 308 g/mol. The van der Waals surface area contributed by atoms with Crippen molar-refractivity contribution >= 4 is 6.03 Å². The number of nitrogens with zero attached hydrogens (tertiary/aromatic N) is 4. The lowest BCUT2D eigenvalue weighted by Crippen LogP contribution is -2.39. The van der Waals surface area contributed by atoms with Crippen molar-refractivity contribution in [2.45, 2.75) is 45.1 Å². The summed E-state index contributed by atoms with van der Waals surface area (Å²) in [5.74, 6) is 0.750. The molecule has 124 valence electrons. The third-order valence-electron chi connectivity index (χ3n) is 4.12. The van der Waals surface area contributed by atoms with Crippen molar-refractivity contribution in [3.63, 3.8) is 0 Å². The lowest BCUT2D eigenvalue weighted by molar-refractivity contribution is 0.235. The SMILES string of the molecule is C[C@@H](NC(=O)NCCCN1CCCCCC1)c1nncn1C. The van der Waals surface area contributed by atoms with Gasteiger partial charge in [0, 0.05) is 13.6 Å². The topological polar surface area (TPSA) is 75.1 Å². The zero-order chi connectivity index (χ0) is 15.8. The van der Waals surface area contributed by atoms with Crippen LogP contribution < -0.4 is 10.6 Å². The van der Waals surface area contributed by atoms with Crippen LogP contribution in [0.1, 0.15) is 50.9 Å². The quantitative estimate of drug-likeness (QED) is 0.780. The summed E-state index contributed by atoms with van der Waals surface area (Å²) in [7, 11) is 1.87. The Morgan fingerprint density at radius 1 is 1.32 bits per heavy atom. The summed E-state index contributed by atoms with van der Waals surface area (Å²) in [6.45, 7) is 6.08. The molecule has 22 heavy (non-hydrogen) atoms. The summed E-state index contributed by atoms with van der Waals surface area (Å²) < 4.78 is 1.81. The molecule has 7 heteroatoms. The molecule has 0 aliphatic carbocycles. The Bertz CT molecular complexity index is 453. The van der Waals surface area contributed by atoms with Crippen LogP contribution in [0.4, 0.5) is 4.79 Å². The van der Waals surface area contributed by atoms with Crippen molar-refractivity contribution < 1.29 is 4.79 Å². The molecule has 2 heterocycles. The van der Waals surface area contributed by atoms with Gasteiger partial charge in [-0.05, 0) is 45.8 Å². The number of aryl methyl sites for hydroxylation is 1. The first kappa shape index (κ1) is 16.7. The number of urea groups is 1. The lowest BCUT2D eigenvalue weighted by Gasteiger charge is -2.19. The second kappa shape index (κ2) is 8.73. The molecule has 2 rings (SSSR count). The molecule has 7 nitrogen and oxygen atoms in total. The monoisotopic (exact) mass is 308 g/mol. The first-order chi connectivity index (χ1) is 10.7. The number of rotatable bonds is 6. The van der Waals surface area contributed by atoms with E-state index in [9.17, 15) is 4.79 Å². The summed E-state index contributed by atoms with van der Waals surface area (Å²) in [6, 6.07) is -0.301. The Labute approximate surface area is 132 Å². The van der Waals surface area contributed by atoms with Crippen molar-refractivity contribution in [3.8, 4) is 0 Å². The molecule has 0 aromatic carbocycles. The van der Waals surface area contributed by atoms with Gasteiger partial charge in [-0.25, -0.2) is 4.79 Å². The summed E-state index contributed by atoms with van der Waals surface area (Å²) >= 11 is 0. The molecule has 0 bridgehead atoms. The molecular formula is C15H28N6O. The summed E-state index contributed by atoms with van der Waals surface area (Å²) in [5, 5.41) is 13.6. The Hall–Kier alpha value is -1.63. The number of carbonyl (C=O) groups is 1. The Kier molecular flexibility index (Phi) is 6.64. The van der Waals surface area contributed by atoms with Crippen molar-refractivity contribution in [2.24, 2.45) is 7.05 Å². The molecule has 1 aliphatic rings. The fourth-order valence-electron chi connectivity index (χ4n) is 2.86. The molecule has 1 atom stereocenters. The molecule has 1 aromatic heterocycles. The molecule has 1 saturated heterocycles. The third kappa shape index (κ3) is 5.29. The van der Waals surface area contributed by atoms with Crippen LogP contribution in [-0.2, 0) is 7.05 Å². The normalized spacial score (nSPS) is 17.7. The maximum absolute atomic E-state index is 11.9. The number of hydrogen-bond acceptors (Lipinski definition) is 4. The average Bonchev–Trinajstić information content (AvgIpc) is 2.76. The van der Waals surface area contributed by atoms with E-state index in [1.165, 1.54) is 38.8 Å². The highest BCUT2D eigenvalue weighted by molar-refractivity contribution is 5.74. The Balaban J connectivity index is 1.60. The van der Waals surface area contributed by atoms with Crippen molar-refractivity contribution in [1.82, 2.24) is 30.3 Å². The predicted molar refractivity (Wildman–Crippen MR) is 85.5 cm³/mol. The highest BCUT2D eigenvalue weighted by Crippen LogP contribution is 2.09. The van der Waals surface area contributed by atoms with E-state index in [0.717, 1.165) is 18.8 Å². The van der Waals surface area contributed by atoms with Gasteiger partial charge in [0.05, 0.1) is 6.04 Å². The largest absolute Gasteiger partial charge is 0.338 e. The fraction of sp³-hybridized carbons (Fsp3) is 0.800. The maximum Gasteiger partial charge on any atom is 0.315 e. The maximum atomic E-state index is 11.9. The highest BCUT2D eigenvalue weighted by Gasteiger charge is 2.14. The molecule has 0 unspecified atom stereocenters. The van der Waals surface area contributed by atoms with Crippen LogP contribution in [0.3, 0.4) is 0 Å². The molecule has 1 fully saturated rings. The van der Waals surface area contributed by atoms with E-state index in [0.29, 0.717) is 6.54 Å². The molecule has 0 spiro atoms. The van der Waals surface area contributed by atoms with Gasteiger partial charge in [0.1, 0.15) is 6.33 Å². The van der Waals surface area contributed by atoms with Gasteiger partial charge in [0.2, 0.25) is 0 Å². The van der Waals surface area contributed by atoms with Crippen LogP contribution in [0.15, 0.2) is 6.33 Å². The number of nitrogens with one attached hydrogen (secondary N) is 2. The van der Waals surface area contributed by atoms with Crippen LogP contribution in [0.5, 0.6) is 0 Å². The zero-order valence-electron chi connectivity index (χ0n) is 13.7. The fourth-order valence-corrected chi connectivity index (χ4v) is 2.86. The van der Waals surface area contributed by atoms with Gasteiger partial charge in [-0.2, -0.15) is 0 Å². The number of amides is 2. The van der Waals surface area contributed by atoms with Gasteiger partial charge in [-0.3, -0.25) is 0 Å². The summed E-state index contributed by atoms with van der Waals surface area (Å²) in [5.41, 5.74) is 0. The van der Waals surface area contributed by atoms with E-state index >= 15 is 0 Å². The first-order valence-corrected chi connectivity index (χ1v) is 8.27. The van der Waals surface area contributed by atoms with Crippen LogP contribution >= 0.6 is 0 Å². The molecule has 0 saturated carbocycles. The molecule has 1 aliphatic heterocycles. The molecule has 2 amide bonds. The van der Waals surface area contributed by atoms with Crippen LogP contribution in [-0.4, -0.2) is 51.9 Å². The third-order valence-corrected chi connectivity index (χ3v) is 4.12. The van der Waals surface area contributed by atoms with Crippen LogP contribution in [0.25, 0.3) is 0 Å². The number of hydrogen-bond donors (Lipinski definition) is 2. The number of carbonyl (C=O) groups excluding carboxylic acids is 1. The summed E-state index contributed by atoms with van der Waals surface area (Å²) in [6.07, 6.45) is 7.96. The van der Waals surface area contributed by atoms with Crippen molar-refractivity contribution in [3.05, 3.63) is 12.2 Å². The van der Waals surface area contributed by atoms with E-state index < -0.39 is 0 Å². The van der Waals surface area contributed by atoms with E-state index in [2.05, 4.69) is 25.7 Å². The Morgan fingerprint density at radius 2 is 2.05 bits per heavy atom. The van der Waals surface area contributed by atoms with Gasteiger partial charge in [-0.15, -0.1) is 10.2 Å². The van der Waals surface area contributed by atoms with Gasteiger partial charge in [0.25, 0.3) is 0 Å². The second-order valence-corrected chi connectivity index (χ2v) is 6.03. The van der Waals surface area contributed by atoms with E-state index in [4.69, 9.17) is 0 Å². The second-order valence-electron chi connectivity index (χ2n) is 6.03. The minimum absolute atomic E-state index is 0.147. The summed E-state index contributed by atoms with van der Waals surface area (Å²) in [4.78, 5) is 14.4. The molecule has 0 radical (unpaired) electrons. The van der Waals surface area contributed by atoms with E-state index in [-0.39, 0.29) is 12.1 Å². The minimum atomic E-state index is -0.155. The van der Waals surface area contributed by atoms with E-state index in [1.54, 1.807) is 6.33 Å². The van der Waals surface area contributed by atoms with Gasteiger partial charge in [0.15, 0.2) is 5.82 Å². The van der Waals surface area contributed by atoms with Gasteiger partial charge >= 0.3 is 6.03 Å². The smallest absolute Gasteiger partial charge is 0.315 e. The van der Waals surface area contributed by atoms with E-state index in [1.807, 2.05) is 18.5 Å². The van der Waals surface area contributed by atoms with Crippen LogP contribution in [0.2, 0.25) is 0 Å². The van der Waals surface area contributed by atoms with Crippen molar-refractivity contribution in [2.75, 3.05) is 26.2 Å². The minimum Gasteiger partial charge on any atom is -0.338 e. The Morgan fingerprint density at radius 3 is 2.68 bits per heavy atom. The first-order valence-electron chi connectivity index (χ1n) is 8.27. The molecule has 1 aromatic rings. The number of likely N-dealkylation sites (tertiary alicyclic amines) is 1.